The summed E-state index contributed by atoms with van der Waals surface area (Å²) in [5.41, 5.74) is 5.28. The topological polar surface area (TPSA) is 92.4 Å². The minimum absolute atomic E-state index is 0.0654. The lowest BCUT2D eigenvalue weighted by Gasteiger charge is -2.16. The van der Waals surface area contributed by atoms with Crippen LogP contribution in [0, 0.1) is 12.3 Å². The van der Waals surface area contributed by atoms with Gasteiger partial charge < -0.3 is 16.2 Å². The van der Waals surface area contributed by atoms with E-state index in [9.17, 15) is 14.7 Å². The van der Waals surface area contributed by atoms with Crippen molar-refractivity contribution in [1.29, 1.82) is 0 Å². The fraction of sp³-hybridized carbons (Fsp3) is 0.231. The van der Waals surface area contributed by atoms with Crippen molar-refractivity contribution in [2.75, 3.05) is 0 Å². The van der Waals surface area contributed by atoms with Crippen LogP contribution in [-0.2, 0) is 9.59 Å². The van der Waals surface area contributed by atoms with Gasteiger partial charge in [0.1, 0.15) is 6.04 Å². The summed E-state index contributed by atoms with van der Waals surface area (Å²) in [6.07, 6.45) is 3.46. The second-order valence-electron chi connectivity index (χ2n) is 3.98. The molecule has 0 heterocycles. The summed E-state index contributed by atoms with van der Waals surface area (Å²) in [4.78, 5) is 22.9. The van der Waals surface area contributed by atoms with Crippen molar-refractivity contribution in [1.82, 2.24) is 5.32 Å². The van der Waals surface area contributed by atoms with Crippen molar-refractivity contribution < 1.29 is 14.7 Å². The first-order valence-electron chi connectivity index (χ1n) is 5.52. The van der Waals surface area contributed by atoms with Crippen molar-refractivity contribution in [2.45, 2.75) is 18.6 Å². The molecule has 5 nitrogen and oxygen atoms in total. The lowest BCUT2D eigenvalue weighted by Crippen LogP contribution is -2.45. The number of primary amides is 1. The molecule has 0 aromatic heterocycles. The Balaban J connectivity index is 2.86. The van der Waals surface area contributed by atoms with Crippen LogP contribution < -0.4 is 11.1 Å². The summed E-state index contributed by atoms with van der Waals surface area (Å²) in [6.45, 7) is 0. The number of benzene rings is 1. The Morgan fingerprint density at radius 3 is 2.35 bits per heavy atom. The summed E-state index contributed by atoms with van der Waals surface area (Å²) in [6, 6.07) is 3.19. The molecule has 0 aliphatic carbocycles. The van der Waals surface area contributed by atoms with Crippen LogP contribution in [0.15, 0.2) is 18.2 Å². The Bertz CT molecular complexity index is 549. The van der Waals surface area contributed by atoms with Gasteiger partial charge in [0.05, 0.1) is 0 Å². The van der Waals surface area contributed by atoms with E-state index in [0.29, 0.717) is 0 Å². The first-order valence-corrected chi connectivity index (χ1v) is 6.28. The summed E-state index contributed by atoms with van der Waals surface area (Å²) < 4.78 is 0. The number of hydrogen-bond acceptors (Lipinski definition) is 3. The Morgan fingerprint density at radius 1 is 1.35 bits per heavy atom. The van der Waals surface area contributed by atoms with Gasteiger partial charge in [-0.1, -0.05) is 23.2 Å². The van der Waals surface area contributed by atoms with Crippen molar-refractivity contribution in [3.8, 4) is 12.3 Å². The summed E-state index contributed by atoms with van der Waals surface area (Å²) >= 11 is 11.6. The Morgan fingerprint density at radius 2 is 1.90 bits per heavy atom. The highest BCUT2D eigenvalue weighted by Gasteiger charge is 2.23. The number of carbonyl (C=O) groups is 2. The van der Waals surface area contributed by atoms with Crippen LogP contribution in [0.4, 0.5) is 0 Å². The van der Waals surface area contributed by atoms with E-state index in [0.717, 1.165) is 0 Å². The lowest BCUT2D eigenvalue weighted by molar-refractivity contribution is -0.133. The van der Waals surface area contributed by atoms with Gasteiger partial charge in [0, 0.05) is 16.5 Å². The third kappa shape index (κ3) is 4.42. The lowest BCUT2D eigenvalue weighted by atomic mass is 10.1. The molecular weight excluding hydrogens is 303 g/mol. The maximum Gasteiger partial charge on any atom is 0.254 e. The van der Waals surface area contributed by atoms with Gasteiger partial charge in [-0.05, 0) is 23.8 Å². The highest BCUT2D eigenvalue weighted by Crippen LogP contribution is 2.23. The highest BCUT2D eigenvalue weighted by molar-refractivity contribution is 6.34. The van der Waals surface area contributed by atoms with E-state index in [-0.39, 0.29) is 22.0 Å². The van der Waals surface area contributed by atoms with Crippen LogP contribution in [0.2, 0.25) is 10.0 Å². The third-order valence-corrected chi connectivity index (χ3v) is 2.87. The normalized spacial score (nSPS) is 13.1. The minimum atomic E-state index is -1.54. The molecule has 0 aliphatic rings. The van der Waals surface area contributed by atoms with Crippen molar-refractivity contribution in [2.24, 2.45) is 5.73 Å². The molecule has 0 spiro atoms. The number of hydrogen-bond donors (Lipinski definition) is 3. The van der Waals surface area contributed by atoms with Crippen LogP contribution >= 0.6 is 23.2 Å². The minimum Gasteiger partial charge on any atom is -0.378 e. The molecule has 4 N–H and O–H groups in total. The van der Waals surface area contributed by atoms with E-state index in [1.165, 1.54) is 18.2 Å². The standard InChI is InChI=1S/C13H12Cl2N2O3/c1-2-3-10(12(16)19)17-13(20)11(18)7-4-8(14)6-9(15)5-7/h1,4-6,10-11,18H,3H2,(H2,16,19)(H,17,20)/t10-,11+/m1/s1. The molecule has 0 radical (unpaired) electrons. The van der Waals surface area contributed by atoms with E-state index < -0.39 is 24.0 Å². The highest BCUT2D eigenvalue weighted by atomic mass is 35.5. The largest absolute Gasteiger partial charge is 0.378 e. The summed E-state index contributed by atoms with van der Waals surface area (Å²) in [7, 11) is 0. The maximum atomic E-state index is 11.8. The smallest absolute Gasteiger partial charge is 0.254 e. The average Bonchev–Trinajstić information content (AvgIpc) is 2.35. The molecule has 1 rings (SSSR count). The van der Waals surface area contributed by atoms with Gasteiger partial charge in [-0.2, -0.15) is 0 Å². The number of aliphatic hydroxyl groups excluding tert-OH is 1. The van der Waals surface area contributed by atoms with Gasteiger partial charge in [-0.3, -0.25) is 9.59 Å². The van der Waals surface area contributed by atoms with E-state index in [4.69, 9.17) is 35.4 Å². The van der Waals surface area contributed by atoms with Gasteiger partial charge >= 0.3 is 0 Å². The molecule has 0 saturated heterocycles. The average molecular weight is 315 g/mol. The fourth-order valence-electron chi connectivity index (χ4n) is 1.48. The monoisotopic (exact) mass is 314 g/mol. The van der Waals surface area contributed by atoms with E-state index >= 15 is 0 Å². The molecule has 0 aliphatic heterocycles. The number of halogens is 2. The fourth-order valence-corrected chi connectivity index (χ4v) is 2.02. The van der Waals surface area contributed by atoms with Crippen molar-refractivity contribution >= 4 is 35.0 Å². The zero-order valence-corrected chi connectivity index (χ0v) is 11.8. The number of carbonyl (C=O) groups excluding carboxylic acids is 2. The second-order valence-corrected chi connectivity index (χ2v) is 4.85. The van der Waals surface area contributed by atoms with E-state index in [1.807, 2.05) is 0 Å². The molecule has 0 unspecified atom stereocenters. The molecule has 2 amide bonds. The number of nitrogens with one attached hydrogen (secondary N) is 1. The predicted octanol–water partition coefficient (Wildman–Crippen LogP) is 1.02. The molecule has 20 heavy (non-hydrogen) atoms. The van der Waals surface area contributed by atoms with Crippen LogP contribution in [0.25, 0.3) is 0 Å². The van der Waals surface area contributed by atoms with Crippen LogP contribution in [-0.4, -0.2) is 23.0 Å². The van der Waals surface area contributed by atoms with Crippen molar-refractivity contribution in [3.05, 3.63) is 33.8 Å². The zero-order valence-electron chi connectivity index (χ0n) is 10.3. The number of rotatable bonds is 5. The molecule has 0 saturated carbocycles. The van der Waals surface area contributed by atoms with Crippen LogP contribution in [0.3, 0.4) is 0 Å². The Kier molecular flexibility index (Phi) is 5.83. The first-order chi connectivity index (χ1) is 9.35. The van der Waals surface area contributed by atoms with E-state index in [2.05, 4.69) is 11.2 Å². The van der Waals surface area contributed by atoms with Gasteiger partial charge in [-0.15, -0.1) is 12.3 Å². The molecule has 0 fully saturated rings. The van der Waals surface area contributed by atoms with E-state index in [1.54, 1.807) is 0 Å². The van der Waals surface area contributed by atoms with Crippen molar-refractivity contribution in [3.63, 3.8) is 0 Å². The van der Waals surface area contributed by atoms with Gasteiger partial charge in [0.2, 0.25) is 5.91 Å². The van der Waals surface area contributed by atoms with Crippen LogP contribution in [0.1, 0.15) is 18.1 Å². The molecule has 7 heteroatoms. The number of terminal acetylenes is 1. The molecule has 1 aromatic rings. The summed E-state index contributed by atoms with van der Waals surface area (Å²) in [5.74, 6) is 0.610. The summed E-state index contributed by atoms with van der Waals surface area (Å²) in [5, 5.41) is 12.7. The Hall–Kier alpha value is -1.74. The number of aliphatic hydroxyl groups is 1. The molecular formula is C13H12Cl2N2O3. The first kappa shape index (κ1) is 16.3. The molecule has 0 bridgehead atoms. The molecule has 106 valence electrons. The molecule has 2 atom stereocenters. The Labute approximate surface area is 126 Å². The van der Waals surface area contributed by atoms with Gasteiger partial charge in [0.25, 0.3) is 5.91 Å². The quantitative estimate of drug-likeness (QED) is 0.708. The maximum absolute atomic E-state index is 11.8. The second kappa shape index (κ2) is 7.15. The number of nitrogens with two attached hydrogens (primary N) is 1. The van der Waals surface area contributed by atoms with Crippen LogP contribution in [0.5, 0.6) is 0 Å². The molecule has 1 aromatic carbocycles. The van der Waals surface area contributed by atoms with Gasteiger partial charge in [-0.25, -0.2) is 0 Å². The SMILES string of the molecule is C#CC[C@@H](NC(=O)[C@@H](O)c1cc(Cl)cc(Cl)c1)C(N)=O. The third-order valence-electron chi connectivity index (χ3n) is 2.43. The zero-order chi connectivity index (χ0) is 15.3. The van der Waals surface area contributed by atoms with Gasteiger partial charge in [0.15, 0.2) is 6.10 Å². The number of amides is 2. The predicted molar refractivity (Wildman–Crippen MR) is 76.0 cm³/mol.